The zero-order valence-corrected chi connectivity index (χ0v) is 12.0. The molecule has 2 heteroatoms. The van der Waals surface area contributed by atoms with Gasteiger partial charge in [-0.25, -0.2) is 0 Å². The summed E-state index contributed by atoms with van der Waals surface area (Å²) in [7, 11) is 2.35. The van der Waals surface area contributed by atoms with Crippen LogP contribution in [0.1, 0.15) is 44.9 Å². The maximum absolute atomic E-state index is 3.54. The molecular formula is C16H30N2. The Bertz CT molecular complexity index is 260. The molecule has 1 saturated heterocycles. The first-order chi connectivity index (χ1) is 8.81. The van der Waals surface area contributed by atoms with Crippen molar-refractivity contribution in [3.8, 4) is 0 Å². The zero-order chi connectivity index (χ0) is 12.4. The minimum atomic E-state index is 0.946. The van der Waals surface area contributed by atoms with Gasteiger partial charge in [0.1, 0.15) is 0 Å². The third-order valence-corrected chi connectivity index (χ3v) is 5.75. The Morgan fingerprint density at radius 3 is 2.78 bits per heavy atom. The molecule has 0 aromatic carbocycles. The van der Waals surface area contributed by atoms with Crippen LogP contribution in [0.4, 0.5) is 0 Å². The van der Waals surface area contributed by atoms with Gasteiger partial charge >= 0.3 is 0 Å². The summed E-state index contributed by atoms with van der Waals surface area (Å²) in [5.74, 6) is 4.18. The second-order valence-electron chi connectivity index (χ2n) is 7.20. The largest absolute Gasteiger partial charge is 0.316 e. The fraction of sp³-hybridized carbons (Fsp3) is 1.00. The normalized spacial score (nSPS) is 39.7. The number of hydrogen-bond acceptors (Lipinski definition) is 2. The van der Waals surface area contributed by atoms with Gasteiger partial charge in [-0.3, -0.25) is 0 Å². The number of nitrogens with one attached hydrogen (secondary N) is 1. The van der Waals surface area contributed by atoms with Crippen LogP contribution in [-0.2, 0) is 0 Å². The Morgan fingerprint density at radius 1 is 1.17 bits per heavy atom. The van der Waals surface area contributed by atoms with Gasteiger partial charge in [0, 0.05) is 6.54 Å². The van der Waals surface area contributed by atoms with Gasteiger partial charge in [-0.1, -0.05) is 6.42 Å². The van der Waals surface area contributed by atoms with E-state index >= 15 is 0 Å². The third kappa shape index (κ3) is 3.08. The van der Waals surface area contributed by atoms with E-state index in [4.69, 9.17) is 0 Å². The molecule has 0 aromatic heterocycles. The molecule has 1 heterocycles. The highest BCUT2D eigenvalue weighted by atomic mass is 15.1. The Hall–Kier alpha value is -0.0800. The van der Waals surface area contributed by atoms with E-state index in [1.54, 1.807) is 19.3 Å². The highest BCUT2D eigenvalue weighted by Gasteiger charge is 2.39. The maximum atomic E-state index is 3.54. The van der Waals surface area contributed by atoms with Crippen LogP contribution in [0.5, 0.6) is 0 Å². The molecule has 2 saturated carbocycles. The van der Waals surface area contributed by atoms with Crippen LogP contribution in [0.25, 0.3) is 0 Å². The molecule has 104 valence electrons. The molecule has 3 rings (SSSR count). The smallest absolute Gasteiger partial charge is 0.000936 e. The van der Waals surface area contributed by atoms with Crippen LogP contribution in [0.15, 0.2) is 0 Å². The SMILES string of the molecule is CN(CCC1CCCNC1)CC1CC2CCC1C2. The molecule has 1 aliphatic heterocycles. The Balaban J connectivity index is 1.35. The van der Waals surface area contributed by atoms with Gasteiger partial charge in [0.15, 0.2) is 0 Å². The molecule has 3 aliphatic rings. The van der Waals surface area contributed by atoms with Crippen LogP contribution < -0.4 is 5.32 Å². The van der Waals surface area contributed by atoms with E-state index in [1.165, 1.54) is 51.9 Å². The predicted octanol–water partition coefficient (Wildman–Crippen LogP) is 2.74. The van der Waals surface area contributed by atoms with Crippen LogP contribution >= 0.6 is 0 Å². The van der Waals surface area contributed by atoms with Crippen LogP contribution in [0, 0.1) is 23.7 Å². The summed E-state index contributed by atoms with van der Waals surface area (Å²) in [5, 5.41) is 3.54. The minimum Gasteiger partial charge on any atom is -0.316 e. The quantitative estimate of drug-likeness (QED) is 0.807. The summed E-state index contributed by atoms with van der Waals surface area (Å²) in [6.45, 7) is 5.21. The van der Waals surface area contributed by atoms with Crippen molar-refractivity contribution in [3.05, 3.63) is 0 Å². The van der Waals surface area contributed by atoms with Crippen LogP contribution in [0.3, 0.4) is 0 Å². The summed E-state index contributed by atoms with van der Waals surface area (Å²) in [5.41, 5.74) is 0. The first-order valence-corrected chi connectivity index (χ1v) is 8.20. The van der Waals surface area contributed by atoms with Gasteiger partial charge in [-0.15, -0.1) is 0 Å². The molecule has 0 amide bonds. The number of hydrogen-bond donors (Lipinski definition) is 1. The van der Waals surface area contributed by atoms with Crippen molar-refractivity contribution in [1.29, 1.82) is 0 Å². The third-order valence-electron chi connectivity index (χ3n) is 5.75. The van der Waals surface area contributed by atoms with Crippen molar-refractivity contribution in [2.45, 2.75) is 44.9 Å². The van der Waals surface area contributed by atoms with Gasteiger partial charge in [0.2, 0.25) is 0 Å². The van der Waals surface area contributed by atoms with Crippen molar-refractivity contribution in [2.75, 3.05) is 33.2 Å². The molecule has 3 fully saturated rings. The summed E-state index contributed by atoms with van der Waals surface area (Å²) in [4.78, 5) is 2.62. The molecule has 0 spiro atoms. The molecule has 2 nitrogen and oxygen atoms in total. The Kier molecular flexibility index (Phi) is 4.25. The lowest BCUT2D eigenvalue weighted by Gasteiger charge is -2.29. The van der Waals surface area contributed by atoms with E-state index in [9.17, 15) is 0 Å². The standard InChI is InChI=1S/C16H30N2/c1-18(8-6-13-3-2-7-17-11-13)12-16-10-14-4-5-15(16)9-14/h13-17H,2-12H2,1H3. The molecular weight excluding hydrogens is 220 g/mol. The first kappa shape index (κ1) is 12.9. The fourth-order valence-corrected chi connectivity index (χ4v) is 4.67. The van der Waals surface area contributed by atoms with Crippen molar-refractivity contribution >= 4 is 0 Å². The monoisotopic (exact) mass is 250 g/mol. The zero-order valence-electron chi connectivity index (χ0n) is 12.0. The molecule has 4 atom stereocenters. The van der Waals surface area contributed by atoms with E-state index in [0.717, 1.165) is 23.7 Å². The highest BCUT2D eigenvalue weighted by Crippen LogP contribution is 2.48. The second kappa shape index (κ2) is 5.92. The van der Waals surface area contributed by atoms with Crippen LogP contribution in [0.2, 0.25) is 0 Å². The molecule has 4 unspecified atom stereocenters. The maximum Gasteiger partial charge on any atom is 0.000936 e. The lowest BCUT2D eigenvalue weighted by Crippen LogP contribution is -2.34. The molecule has 2 bridgehead atoms. The van der Waals surface area contributed by atoms with Gasteiger partial charge in [0.25, 0.3) is 0 Å². The summed E-state index contributed by atoms with van der Waals surface area (Å²) < 4.78 is 0. The van der Waals surface area contributed by atoms with Crippen molar-refractivity contribution in [2.24, 2.45) is 23.7 Å². The van der Waals surface area contributed by atoms with Crippen molar-refractivity contribution in [3.63, 3.8) is 0 Å². The topological polar surface area (TPSA) is 15.3 Å². The summed E-state index contributed by atoms with van der Waals surface area (Å²) >= 11 is 0. The van der Waals surface area contributed by atoms with E-state index < -0.39 is 0 Å². The number of nitrogens with zero attached hydrogens (tertiary/aromatic N) is 1. The van der Waals surface area contributed by atoms with Gasteiger partial charge in [-0.2, -0.15) is 0 Å². The summed E-state index contributed by atoms with van der Waals surface area (Å²) in [6.07, 6.45) is 10.4. The second-order valence-corrected chi connectivity index (χ2v) is 7.20. The highest BCUT2D eigenvalue weighted by molar-refractivity contribution is 4.91. The molecule has 0 aromatic rings. The number of piperidine rings is 1. The van der Waals surface area contributed by atoms with E-state index in [0.29, 0.717) is 0 Å². The van der Waals surface area contributed by atoms with Gasteiger partial charge in [0.05, 0.1) is 0 Å². The number of fused-ring (bicyclic) bond motifs is 2. The molecule has 0 radical (unpaired) electrons. The minimum absolute atomic E-state index is 0.946. The molecule has 18 heavy (non-hydrogen) atoms. The molecule has 2 aliphatic carbocycles. The van der Waals surface area contributed by atoms with Gasteiger partial charge in [-0.05, 0) is 88.9 Å². The Morgan fingerprint density at radius 2 is 2.11 bits per heavy atom. The first-order valence-electron chi connectivity index (χ1n) is 8.20. The molecule has 1 N–H and O–H groups in total. The van der Waals surface area contributed by atoms with E-state index in [2.05, 4.69) is 17.3 Å². The average Bonchev–Trinajstić information content (AvgIpc) is 3.00. The lowest BCUT2D eigenvalue weighted by atomic mass is 9.88. The number of rotatable bonds is 5. The van der Waals surface area contributed by atoms with Crippen molar-refractivity contribution in [1.82, 2.24) is 10.2 Å². The van der Waals surface area contributed by atoms with Crippen molar-refractivity contribution < 1.29 is 0 Å². The summed E-state index contributed by atoms with van der Waals surface area (Å²) in [6, 6.07) is 0. The van der Waals surface area contributed by atoms with Crippen LogP contribution in [-0.4, -0.2) is 38.1 Å². The van der Waals surface area contributed by atoms with E-state index in [1.807, 2.05) is 0 Å². The van der Waals surface area contributed by atoms with Gasteiger partial charge < -0.3 is 10.2 Å². The lowest BCUT2D eigenvalue weighted by molar-refractivity contribution is 0.203. The predicted molar refractivity (Wildman–Crippen MR) is 76.6 cm³/mol. The van der Waals surface area contributed by atoms with E-state index in [-0.39, 0.29) is 0 Å². The average molecular weight is 250 g/mol. The fourth-order valence-electron chi connectivity index (χ4n) is 4.67. The Labute approximate surface area is 113 Å².